The Morgan fingerprint density at radius 3 is 2.40 bits per heavy atom. The number of hydrogen-bond acceptors (Lipinski definition) is 1. The maximum atomic E-state index is 12.9. The summed E-state index contributed by atoms with van der Waals surface area (Å²) in [5.74, 6) is -1.81. The van der Waals surface area contributed by atoms with Gasteiger partial charge in [-0.25, -0.2) is 9.18 Å². The molecule has 0 aliphatic heterocycles. The Hall–Kier alpha value is -1.59. The molecule has 1 atom stereocenters. The molecule has 0 saturated heterocycles. The molecule has 1 unspecified atom stereocenters. The van der Waals surface area contributed by atoms with E-state index >= 15 is 0 Å². The van der Waals surface area contributed by atoms with E-state index in [-0.39, 0.29) is 0 Å². The predicted molar refractivity (Wildman–Crippen MR) is 42.9 cm³/mol. The van der Waals surface area contributed by atoms with Crippen molar-refractivity contribution >= 4 is 5.97 Å². The first-order valence-electron chi connectivity index (χ1n) is 3.86. The molecule has 1 aromatic rings. The van der Waals surface area contributed by atoms with Crippen LogP contribution in [0.3, 0.4) is 0 Å². The van der Waals surface area contributed by atoms with E-state index in [9.17, 15) is 22.4 Å². The Morgan fingerprint density at radius 2 is 1.93 bits per heavy atom. The summed E-state index contributed by atoms with van der Waals surface area (Å²) in [5, 5.41) is 8.27. The third-order valence-electron chi connectivity index (χ3n) is 1.72. The zero-order valence-corrected chi connectivity index (χ0v) is 7.25. The first-order valence-corrected chi connectivity index (χ1v) is 3.86. The predicted octanol–water partition coefficient (Wildman–Crippen LogP) is 2.80. The Bertz CT molecular complexity index is 373. The molecule has 0 heterocycles. The zero-order chi connectivity index (χ0) is 11.6. The summed E-state index contributed by atoms with van der Waals surface area (Å²) in [6, 6.07) is 3.19. The van der Waals surface area contributed by atoms with Crippen LogP contribution in [0.4, 0.5) is 17.6 Å². The number of rotatable bonds is 2. The van der Waals surface area contributed by atoms with Crippen molar-refractivity contribution in [1.29, 1.82) is 0 Å². The van der Waals surface area contributed by atoms with Crippen molar-refractivity contribution in [2.45, 2.75) is 12.3 Å². The summed E-state index contributed by atoms with van der Waals surface area (Å²) in [6.45, 7) is 0. The smallest absolute Gasteiger partial charge is 0.416 e. The maximum absolute atomic E-state index is 12.9. The summed E-state index contributed by atoms with van der Waals surface area (Å²) in [4.78, 5) is 10.2. The van der Waals surface area contributed by atoms with Gasteiger partial charge in [0.2, 0.25) is 6.17 Å². The second-order valence-electron chi connectivity index (χ2n) is 2.82. The fourth-order valence-corrected chi connectivity index (χ4v) is 1.02. The molecular formula is C9H6F4O2. The molecule has 0 amide bonds. The number of alkyl halides is 4. The molecule has 0 bridgehead atoms. The summed E-state index contributed by atoms with van der Waals surface area (Å²) >= 11 is 0. The molecule has 6 heteroatoms. The van der Waals surface area contributed by atoms with E-state index < -0.39 is 29.4 Å². The highest BCUT2D eigenvalue weighted by Gasteiger charge is 2.31. The van der Waals surface area contributed by atoms with E-state index in [1.54, 1.807) is 0 Å². The van der Waals surface area contributed by atoms with Crippen LogP contribution in [0.5, 0.6) is 0 Å². The highest BCUT2D eigenvalue weighted by atomic mass is 19.4. The van der Waals surface area contributed by atoms with Crippen molar-refractivity contribution in [2.24, 2.45) is 0 Å². The van der Waals surface area contributed by atoms with Crippen LogP contribution >= 0.6 is 0 Å². The van der Waals surface area contributed by atoms with Crippen LogP contribution in [-0.4, -0.2) is 11.1 Å². The van der Waals surface area contributed by atoms with Gasteiger partial charge in [0, 0.05) is 0 Å². The zero-order valence-electron chi connectivity index (χ0n) is 7.25. The number of carbonyl (C=O) groups is 1. The van der Waals surface area contributed by atoms with Gasteiger partial charge in [-0.2, -0.15) is 13.2 Å². The summed E-state index contributed by atoms with van der Waals surface area (Å²) in [7, 11) is 0. The normalized spacial score (nSPS) is 13.6. The van der Waals surface area contributed by atoms with Gasteiger partial charge >= 0.3 is 12.1 Å². The monoisotopic (exact) mass is 222 g/mol. The number of carboxylic acid groups (broad SMARTS) is 1. The number of hydrogen-bond donors (Lipinski definition) is 1. The average molecular weight is 222 g/mol. The topological polar surface area (TPSA) is 37.3 Å². The molecule has 0 aliphatic rings. The summed E-state index contributed by atoms with van der Waals surface area (Å²) < 4.78 is 49.3. The van der Waals surface area contributed by atoms with Crippen LogP contribution in [-0.2, 0) is 11.0 Å². The summed E-state index contributed by atoms with van der Waals surface area (Å²) in [6.07, 6.45) is -7.04. The van der Waals surface area contributed by atoms with Crippen molar-refractivity contribution < 1.29 is 27.5 Å². The maximum Gasteiger partial charge on any atom is 0.416 e. The molecule has 82 valence electrons. The Morgan fingerprint density at radius 1 is 1.33 bits per heavy atom. The lowest BCUT2D eigenvalue weighted by Crippen LogP contribution is -2.09. The molecule has 0 fully saturated rings. The van der Waals surface area contributed by atoms with Gasteiger partial charge in [0.1, 0.15) is 0 Å². The highest BCUT2D eigenvalue weighted by molar-refractivity contribution is 5.74. The molecule has 0 spiro atoms. The van der Waals surface area contributed by atoms with E-state index in [2.05, 4.69) is 0 Å². The van der Waals surface area contributed by atoms with Gasteiger partial charge in [0.15, 0.2) is 0 Å². The van der Waals surface area contributed by atoms with Gasteiger partial charge in [-0.3, -0.25) is 0 Å². The van der Waals surface area contributed by atoms with Crippen LogP contribution in [0.25, 0.3) is 0 Å². The molecule has 1 N–H and O–H groups in total. The minimum absolute atomic E-state index is 0.485. The highest BCUT2D eigenvalue weighted by Crippen LogP contribution is 2.31. The Balaban J connectivity index is 3.08. The van der Waals surface area contributed by atoms with Crippen LogP contribution in [0.15, 0.2) is 24.3 Å². The second kappa shape index (κ2) is 3.88. The lowest BCUT2D eigenvalue weighted by Gasteiger charge is -2.09. The van der Waals surface area contributed by atoms with Gasteiger partial charge in [-0.15, -0.1) is 0 Å². The fourth-order valence-electron chi connectivity index (χ4n) is 1.02. The van der Waals surface area contributed by atoms with Gasteiger partial charge in [0.25, 0.3) is 0 Å². The van der Waals surface area contributed by atoms with E-state index in [1.807, 2.05) is 0 Å². The van der Waals surface area contributed by atoms with Crippen LogP contribution in [0.1, 0.15) is 17.3 Å². The first kappa shape index (κ1) is 11.5. The molecular weight excluding hydrogens is 216 g/mol. The third kappa shape index (κ3) is 2.68. The van der Waals surface area contributed by atoms with Crippen molar-refractivity contribution in [3.05, 3.63) is 35.4 Å². The van der Waals surface area contributed by atoms with Crippen LogP contribution in [0, 0.1) is 0 Å². The molecule has 0 aliphatic carbocycles. The van der Waals surface area contributed by atoms with Crippen molar-refractivity contribution in [1.82, 2.24) is 0 Å². The summed E-state index contributed by atoms with van der Waals surface area (Å²) in [5.41, 5.74) is -1.58. The number of halogens is 4. The van der Waals surface area contributed by atoms with Crippen molar-refractivity contribution in [3.8, 4) is 0 Å². The van der Waals surface area contributed by atoms with Gasteiger partial charge in [-0.05, 0) is 17.7 Å². The molecule has 0 radical (unpaired) electrons. The van der Waals surface area contributed by atoms with Crippen LogP contribution in [0.2, 0.25) is 0 Å². The van der Waals surface area contributed by atoms with E-state index in [0.29, 0.717) is 6.07 Å². The van der Waals surface area contributed by atoms with Gasteiger partial charge < -0.3 is 5.11 Å². The van der Waals surface area contributed by atoms with Crippen LogP contribution < -0.4 is 0 Å². The Kier molecular flexibility index (Phi) is 2.97. The fraction of sp³-hybridized carbons (Fsp3) is 0.222. The quantitative estimate of drug-likeness (QED) is 0.781. The number of carboxylic acids is 1. The van der Waals surface area contributed by atoms with Gasteiger partial charge in [-0.1, -0.05) is 12.1 Å². The van der Waals surface area contributed by atoms with E-state index in [1.165, 1.54) is 0 Å². The number of benzene rings is 1. The van der Waals surface area contributed by atoms with Crippen molar-refractivity contribution in [3.63, 3.8) is 0 Å². The minimum Gasteiger partial charge on any atom is -0.479 e. The lowest BCUT2D eigenvalue weighted by molar-refractivity contribution is -0.143. The average Bonchev–Trinajstić information content (AvgIpc) is 2.15. The minimum atomic E-state index is -4.60. The van der Waals surface area contributed by atoms with E-state index in [0.717, 1.165) is 18.2 Å². The molecule has 1 rings (SSSR count). The molecule has 0 aromatic heterocycles. The van der Waals surface area contributed by atoms with E-state index in [4.69, 9.17) is 5.11 Å². The largest absolute Gasteiger partial charge is 0.479 e. The molecule has 0 saturated carbocycles. The number of aliphatic carboxylic acids is 1. The first-order chi connectivity index (χ1) is 6.82. The Labute approximate surface area is 82.1 Å². The molecule has 1 aromatic carbocycles. The van der Waals surface area contributed by atoms with Gasteiger partial charge in [0.05, 0.1) is 5.56 Å². The second-order valence-corrected chi connectivity index (χ2v) is 2.82. The van der Waals surface area contributed by atoms with Crippen molar-refractivity contribution in [2.75, 3.05) is 0 Å². The standard InChI is InChI=1S/C9H6F4O2/c10-7(8(14)15)5-2-1-3-6(4-5)9(11,12)13/h1-4,7H,(H,14,15). The molecule has 2 nitrogen and oxygen atoms in total. The lowest BCUT2D eigenvalue weighted by atomic mass is 10.1. The molecule has 15 heavy (non-hydrogen) atoms. The SMILES string of the molecule is O=C(O)C(F)c1cccc(C(F)(F)F)c1. The third-order valence-corrected chi connectivity index (χ3v) is 1.72.